The lowest BCUT2D eigenvalue weighted by Gasteiger charge is -2.52. The fraction of sp³-hybridized carbons (Fsp3) is 1.00. The second-order valence-corrected chi connectivity index (χ2v) is 20.9. The molecule has 6 heteroatoms. The van der Waals surface area contributed by atoms with Gasteiger partial charge in [0.05, 0.1) is 0 Å². The smallest absolute Gasteiger partial charge is 0.0281 e. The molecule has 6 aliphatic heterocycles. The lowest BCUT2D eigenvalue weighted by Crippen LogP contribution is -2.62. The van der Waals surface area contributed by atoms with E-state index in [1.54, 1.807) is 0 Å². The molecule has 0 unspecified atom stereocenters. The van der Waals surface area contributed by atoms with Crippen LogP contribution < -0.4 is 0 Å². The van der Waals surface area contributed by atoms with Crippen LogP contribution in [0.25, 0.3) is 0 Å². The van der Waals surface area contributed by atoms with Crippen LogP contribution in [0.15, 0.2) is 0 Å². The van der Waals surface area contributed by atoms with Gasteiger partial charge in [-0.1, -0.05) is 12.8 Å². The highest BCUT2D eigenvalue weighted by molar-refractivity contribution is 5.05. The van der Waals surface area contributed by atoms with E-state index >= 15 is 0 Å². The summed E-state index contributed by atoms with van der Waals surface area (Å²) in [7, 11) is 4.47. The molecule has 0 aromatic heterocycles. The van der Waals surface area contributed by atoms with Crippen LogP contribution in [0.5, 0.6) is 0 Å². The largest absolute Gasteiger partial charge is 0.304 e. The first kappa shape index (κ1) is 37.0. The molecule has 268 valence electrons. The molecule has 8 rings (SSSR count). The minimum absolute atomic E-state index is 0.381. The van der Waals surface area contributed by atoms with Crippen LogP contribution in [0, 0.1) is 23.7 Å². The van der Waals surface area contributed by atoms with E-state index in [0.29, 0.717) is 22.2 Å². The summed E-state index contributed by atoms with van der Waals surface area (Å²) in [6.45, 7) is 38.5. The van der Waals surface area contributed by atoms with E-state index in [4.69, 9.17) is 0 Å². The highest BCUT2D eigenvalue weighted by Gasteiger charge is 2.50. The van der Waals surface area contributed by atoms with Gasteiger partial charge in [-0.15, -0.1) is 0 Å². The van der Waals surface area contributed by atoms with E-state index in [2.05, 4.69) is 127 Å². The topological polar surface area (TPSA) is 19.4 Å². The van der Waals surface area contributed by atoms with Gasteiger partial charge in [0, 0.05) is 111 Å². The zero-order chi connectivity index (χ0) is 34.0. The molecule has 8 fully saturated rings. The third-order valence-corrected chi connectivity index (χ3v) is 13.2. The van der Waals surface area contributed by atoms with E-state index in [0.717, 1.165) is 47.8 Å². The molecule has 6 nitrogen and oxygen atoms in total. The van der Waals surface area contributed by atoms with Crippen LogP contribution >= 0.6 is 0 Å². The summed E-state index contributed by atoms with van der Waals surface area (Å²) in [5, 5.41) is 0. The maximum Gasteiger partial charge on any atom is 0.0281 e. The molecule has 6 saturated heterocycles. The lowest BCUT2D eigenvalue weighted by molar-refractivity contribution is -0.0366. The minimum atomic E-state index is 0.381. The molecule has 8 atom stereocenters. The average Bonchev–Trinajstić information content (AvgIpc) is 3.54. The number of nitrogens with zero attached hydrogens (tertiary/aromatic N) is 6. The molecule has 0 bridgehead atoms. The van der Waals surface area contributed by atoms with Crippen molar-refractivity contribution in [3.05, 3.63) is 0 Å². The molecule has 2 saturated carbocycles. The van der Waals surface area contributed by atoms with Crippen molar-refractivity contribution in [1.82, 2.24) is 29.4 Å². The van der Waals surface area contributed by atoms with Gasteiger partial charge in [0.1, 0.15) is 0 Å². The van der Waals surface area contributed by atoms with E-state index in [-0.39, 0.29) is 0 Å². The monoisotopic (exact) mass is 643 g/mol. The first-order chi connectivity index (χ1) is 21.1. The number of likely N-dealkylation sites (N-methyl/N-ethyl adjacent to an activating group) is 2. The normalized spacial score (nSPS) is 38.2. The summed E-state index contributed by atoms with van der Waals surface area (Å²) in [6.07, 6.45) is 8.86. The van der Waals surface area contributed by atoms with Crippen LogP contribution in [0.1, 0.15) is 122 Å². The molecule has 0 aromatic carbocycles. The van der Waals surface area contributed by atoms with E-state index < -0.39 is 0 Å². The second kappa shape index (κ2) is 13.5. The standard InChI is InChI=1S/2C10H20N2.2C10H19N/c2*1-10(2,3)12-6-8-5-11(4)7-9(8)12;2*1-10(2,3)11-7-8-5-4-6-9(8)11/h2*8-9H,5-7H2,1-4H3;2*8-9H,4-7H2,1-3H3/t4*8-,9-/m1010/s1. The van der Waals surface area contributed by atoms with Crippen molar-refractivity contribution in [2.45, 2.75) is 168 Å². The van der Waals surface area contributed by atoms with Gasteiger partial charge >= 0.3 is 0 Å². The first-order valence-corrected chi connectivity index (χ1v) is 19.6. The van der Waals surface area contributed by atoms with E-state index in [1.165, 1.54) is 90.9 Å². The molecular formula is C40H78N6. The van der Waals surface area contributed by atoms with Crippen molar-refractivity contribution in [2.24, 2.45) is 23.7 Å². The Balaban J connectivity index is 0.000000121. The fourth-order valence-corrected chi connectivity index (χ4v) is 10.6. The quantitative estimate of drug-likeness (QED) is 0.295. The molecule has 8 aliphatic rings. The number of fused-ring (bicyclic) bond motifs is 4. The molecule has 2 aliphatic carbocycles. The van der Waals surface area contributed by atoms with Gasteiger partial charge in [0.2, 0.25) is 0 Å². The zero-order valence-electron chi connectivity index (χ0n) is 33.2. The Labute approximate surface area is 287 Å². The summed E-state index contributed by atoms with van der Waals surface area (Å²) in [5.41, 5.74) is 1.61. The Bertz CT molecular complexity index is 919. The third kappa shape index (κ3) is 8.04. The Hall–Kier alpha value is -0.240. The molecule has 0 spiro atoms. The van der Waals surface area contributed by atoms with Crippen LogP contribution in [0.2, 0.25) is 0 Å². The van der Waals surface area contributed by atoms with Crippen molar-refractivity contribution in [2.75, 3.05) is 66.5 Å². The van der Waals surface area contributed by atoms with Crippen molar-refractivity contribution in [3.8, 4) is 0 Å². The lowest BCUT2D eigenvalue weighted by atomic mass is 9.86. The number of likely N-dealkylation sites (tertiary alicyclic amines) is 6. The van der Waals surface area contributed by atoms with Crippen molar-refractivity contribution in [1.29, 1.82) is 0 Å². The molecule has 6 heterocycles. The highest BCUT2D eigenvalue weighted by atomic mass is 15.4. The Morgan fingerprint density at radius 2 is 0.609 bits per heavy atom. The summed E-state index contributed by atoms with van der Waals surface area (Å²) in [5.74, 6) is 4.06. The van der Waals surface area contributed by atoms with Crippen molar-refractivity contribution >= 4 is 0 Å². The van der Waals surface area contributed by atoms with Crippen LogP contribution in [0.4, 0.5) is 0 Å². The van der Waals surface area contributed by atoms with E-state index in [1.807, 2.05) is 0 Å². The van der Waals surface area contributed by atoms with Gasteiger partial charge in [0.15, 0.2) is 0 Å². The molecule has 46 heavy (non-hydrogen) atoms. The average molecular weight is 643 g/mol. The van der Waals surface area contributed by atoms with Crippen molar-refractivity contribution in [3.63, 3.8) is 0 Å². The molecule has 0 amide bonds. The summed E-state index contributed by atoms with van der Waals surface area (Å²) in [4.78, 5) is 15.5. The molecular weight excluding hydrogens is 564 g/mol. The summed E-state index contributed by atoms with van der Waals surface area (Å²) >= 11 is 0. The van der Waals surface area contributed by atoms with Gasteiger partial charge in [-0.3, -0.25) is 19.6 Å². The maximum atomic E-state index is 2.67. The van der Waals surface area contributed by atoms with Crippen LogP contribution in [0.3, 0.4) is 0 Å². The van der Waals surface area contributed by atoms with Gasteiger partial charge in [-0.2, -0.15) is 0 Å². The second-order valence-electron chi connectivity index (χ2n) is 20.9. The predicted molar refractivity (Wildman–Crippen MR) is 198 cm³/mol. The Morgan fingerprint density at radius 3 is 0.870 bits per heavy atom. The first-order valence-electron chi connectivity index (χ1n) is 19.6. The van der Waals surface area contributed by atoms with Gasteiger partial charge < -0.3 is 9.80 Å². The predicted octanol–water partition coefficient (Wildman–Crippen LogP) is 6.60. The number of hydrogen-bond acceptors (Lipinski definition) is 6. The van der Waals surface area contributed by atoms with E-state index in [9.17, 15) is 0 Å². The zero-order valence-corrected chi connectivity index (χ0v) is 33.2. The van der Waals surface area contributed by atoms with Crippen molar-refractivity contribution < 1.29 is 0 Å². The molecule has 0 radical (unpaired) electrons. The van der Waals surface area contributed by atoms with Gasteiger partial charge in [0.25, 0.3) is 0 Å². The number of rotatable bonds is 0. The highest BCUT2D eigenvalue weighted by Crippen LogP contribution is 2.44. The van der Waals surface area contributed by atoms with Gasteiger partial charge in [-0.05, 0) is 135 Å². The maximum absolute atomic E-state index is 2.67. The molecule has 0 N–H and O–H groups in total. The number of hydrogen-bond donors (Lipinski definition) is 0. The Morgan fingerprint density at radius 1 is 0.326 bits per heavy atom. The summed E-state index contributed by atoms with van der Waals surface area (Å²) in [6, 6.07) is 3.62. The SMILES string of the molecule is CC(C)(C)N1C[C@@H]2CCC[C@@H]21.CC(C)(C)N1C[C@H]2CCC[C@H]21.CN1C[C@@H]2CN(C(C)(C)C)[C@@H]2C1.CN1C[C@H]2CN(C(C)(C)C)[C@H]2C1. The minimum Gasteiger partial charge on any atom is -0.304 e. The molecule has 0 aromatic rings. The van der Waals surface area contributed by atoms with Crippen LogP contribution in [-0.2, 0) is 0 Å². The summed E-state index contributed by atoms with van der Waals surface area (Å²) < 4.78 is 0. The van der Waals surface area contributed by atoms with Crippen LogP contribution in [-0.4, -0.2) is 142 Å². The van der Waals surface area contributed by atoms with Gasteiger partial charge in [-0.25, -0.2) is 0 Å². The third-order valence-electron chi connectivity index (χ3n) is 13.2. The fourth-order valence-electron chi connectivity index (χ4n) is 10.6. The Kier molecular flexibility index (Phi) is 10.8.